The van der Waals surface area contributed by atoms with Crippen LogP contribution in [-0.2, 0) is 13.1 Å². The molecule has 0 saturated carbocycles. The second-order valence-corrected chi connectivity index (χ2v) is 6.31. The van der Waals surface area contributed by atoms with Gasteiger partial charge in [-0.15, -0.1) is 0 Å². The van der Waals surface area contributed by atoms with Gasteiger partial charge in [0, 0.05) is 11.4 Å². The highest BCUT2D eigenvalue weighted by Gasteiger charge is 2.35. The van der Waals surface area contributed by atoms with Gasteiger partial charge in [-0.1, -0.05) is 12.1 Å². The number of hydrogen-bond acceptors (Lipinski definition) is 3. The van der Waals surface area contributed by atoms with Crippen LogP contribution in [0.15, 0.2) is 52.9 Å². The zero-order valence-corrected chi connectivity index (χ0v) is 14.2. The Morgan fingerprint density at radius 2 is 1.52 bits per heavy atom. The summed E-state index contributed by atoms with van der Waals surface area (Å²) in [5.41, 5.74) is 2.91. The fraction of sp³-hybridized carbons (Fsp3) is 0.200. The van der Waals surface area contributed by atoms with Crippen molar-refractivity contribution in [3.05, 3.63) is 82.6 Å². The van der Waals surface area contributed by atoms with Gasteiger partial charge in [-0.3, -0.25) is 14.5 Å². The zero-order chi connectivity index (χ0) is 17.6. The Hall–Kier alpha value is -3.08. The molecule has 25 heavy (non-hydrogen) atoms. The first kappa shape index (κ1) is 15.4. The van der Waals surface area contributed by atoms with Crippen molar-refractivity contribution in [3.63, 3.8) is 0 Å². The average molecular weight is 334 g/mol. The molecule has 1 aromatic carbocycles. The molecule has 3 aromatic rings. The van der Waals surface area contributed by atoms with Gasteiger partial charge in [-0.25, -0.2) is 0 Å². The monoisotopic (exact) mass is 334 g/mol. The van der Waals surface area contributed by atoms with Gasteiger partial charge in [0.2, 0.25) is 0 Å². The maximum Gasteiger partial charge on any atom is 0.261 e. The molecule has 126 valence electrons. The van der Waals surface area contributed by atoms with Crippen molar-refractivity contribution < 1.29 is 14.0 Å². The number of hydrogen-bond donors (Lipinski definition) is 0. The van der Waals surface area contributed by atoms with Gasteiger partial charge in [0.15, 0.2) is 0 Å². The number of aryl methyl sites for hydroxylation is 2. The fourth-order valence-electron chi connectivity index (χ4n) is 3.26. The number of rotatable bonds is 4. The summed E-state index contributed by atoms with van der Waals surface area (Å²) in [7, 11) is 0. The summed E-state index contributed by atoms with van der Waals surface area (Å²) in [6.07, 6.45) is 0. The Bertz CT molecular complexity index is 946. The molecule has 4 rings (SSSR count). The van der Waals surface area contributed by atoms with E-state index in [1.54, 1.807) is 24.3 Å². The van der Waals surface area contributed by atoms with E-state index in [1.165, 1.54) is 4.90 Å². The number of fused-ring (bicyclic) bond motifs is 1. The van der Waals surface area contributed by atoms with Crippen LogP contribution in [0, 0.1) is 13.8 Å². The molecule has 5 nitrogen and oxygen atoms in total. The summed E-state index contributed by atoms with van der Waals surface area (Å²) in [5, 5.41) is 0. The van der Waals surface area contributed by atoms with E-state index in [2.05, 4.69) is 4.57 Å². The van der Waals surface area contributed by atoms with E-state index in [0.717, 1.165) is 22.9 Å². The fourth-order valence-corrected chi connectivity index (χ4v) is 3.26. The van der Waals surface area contributed by atoms with Crippen LogP contribution in [0.1, 0.15) is 43.6 Å². The van der Waals surface area contributed by atoms with E-state index in [4.69, 9.17) is 4.42 Å². The minimum atomic E-state index is -0.236. The van der Waals surface area contributed by atoms with E-state index in [1.807, 2.05) is 38.1 Å². The standard InChI is InChI=1S/C20H18N2O3/c1-13-7-9-15(21(13)12-16-10-8-14(2)25-16)11-22-19(23)17-5-3-4-6-18(17)20(22)24/h3-10H,11-12H2,1-2H3. The molecular weight excluding hydrogens is 316 g/mol. The van der Waals surface area contributed by atoms with Gasteiger partial charge in [-0.05, 0) is 50.2 Å². The van der Waals surface area contributed by atoms with Crippen molar-refractivity contribution in [1.82, 2.24) is 9.47 Å². The van der Waals surface area contributed by atoms with E-state index < -0.39 is 0 Å². The molecule has 1 aliphatic heterocycles. The average Bonchev–Trinajstić information content (AvgIpc) is 3.24. The lowest BCUT2D eigenvalue weighted by atomic mass is 10.1. The topological polar surface area (TPSA) is 55.5 Å². The van der Waals surface area contributed by atoms with Crippen molar-refractivity contribution in [2.24, 2.45) is 0 Å². The second kappa shape index (κ2) is 5.77. The van der Waals surface area contributed by atoms with Gasteiger partial charge in [0.05, 0.1) is 24.2 Å². The van der Waals surface area contributed by atoms with Crippen LogP contribution in [0.5, 0.6) is 0 Å². The third-order valence-electron chi connectivity index (χ3n) is 4.60. The summed E-state index contributed by atoms with van der Waals surface area (Å²) in [5.74, 6) is 1.24. The first-order valence-electron chi connectivity index (χ1n) is 8.20. The summed E-state index contributed by atoms with van der Waals surface area (Å²) in [6.45, 7) is 4.73. The normalized spacial score (nSPS) is 13.6. The predicted molar refractivity (Wildman–Crippen MR) is 92.4 cm³/mol. The van der Waals surface area contributed by atoms with E-state index >= 15 is 0 Å². The quantitative estimate of drug-likeness (QED) is 0.686. The molecule has 0 aliphatic carbocycles. The maximum absolute atomic E-state index is 12.6. The van der Waals surface area contributed by atoms with Crippen LogP contribution in [0.25, 0.3) is 0 Å². The molecule has 2 amide bonds. The van der Waals surface area contributed by atoms with Crippen LogP contribution in [0.4, 0.5) is 0 Å². The number of carbonyl (C=O) groups is 2. The lowest BCUT2D eigenvalue weighted by Gasteiger charge is -2.16. The molecule has 0 unspecified atom stereocenters. The van der Waals surface area contributed by atoms with Crippen molar-refractivity contribution in [2.75, 3.05) is 0 Å². The summed E-state index contributed by atoms with van der Waals surface area (Å²) in [4.78, 5) is 26.4. The zero-order valence-electron chi connectivity index (χ0n) is 14.2. The summed E-state index contributed by atoms with van der Waals surface area (Å²) in [6, 6.07) is 14.8. The Morgan fingerprint density at radius 3 is 2.12 bits per heavy atom. The first-order valence-corrected chi connectivity index (χ1v) is 8.20. The van der Waals surface area contributed by atoms with Crippen molar-refractivity contribution in [3.8, 4) is 0 Å². The lowest BCUT2D eigenvalue weighted by molar-refractivity contribution is 0.0639. The summed E-state index contributed by atoms with van der Waals surface area (Å²) < 4.78 is 7.73. The van der Waals surface area contributed by atoms with Crippen molar-refractivity contribution >= 4 is 11.8 Å². The van der Waals surface area contributed by atoms with Crippen molar-refractivity contribution in [1.29, 1.82) is 0 Å². The van der Waals surface area contributed by atoms with Gasteiger partial charge in [-0.2, -0.15) is 0 Å². The third-order valence-corrected chi connectivity index (χ3v) is 4.60. The summed E-state index contributed by atoms with van der Waals surface area (Å²) >= 11 is 0. The lowest BCUT2D eigenvalue weighted by Crippen LogP contribution is -2.30. The van der Waals surface area contributed by atoms with Gasteiger partial charge >= 0.3 is 0 Å². The molecule has 5 heteroatoms. The molecule has 0 saturated heterocycles. The number of imide groups is 1. The molecule has 1 aliphatic rings. The van der Waals surface area contributed by atoms with Crippen LogP contribution in [0.2, 0.25) is 0 Å². The Morgan fingerprint density at radius 1 is 0.840 bits per heavy atom. The Balaban J connectivity index is 1.62. The highest BCUT2D eigenvalue weighted by atomic mass is 16.3. The number of benzene rings is 1. The Kier molecular flexibility index (Phi) is 3.57. The molecular formula is C20H18N2O3. The smallest absolute Gasteiger partial charge is 0.261 e. The molecule has 0 N–H and O–H groups in total. The molecule has 0 spiro atoms. The van der Waals surface area contributed by atoms with E-state index in [0.29, 0.717) is 17.7 Å². The molecule has 0 atom stereocenters. The number of nitrogens with zero attached hydrogens (tertiary/aromatic N) is 2. The van der Waals surface area contributed by atoms with Crippen LogP contribution in [0.3, 0.4) is 0 Å². The van der Waals surface area contributed by atoms with Crippen LogP contribution < -0.4 is 0 Å². The highest BCUT2D eigenvalue weighted by Crippen LogP contribution is 2.25. The maximum atomic E-state index is 12.6. The molecule has 0 radical (unpaired) electrons. The van der Waals surface area contributed by atoms with Gasteiger partial charge < -0.3 is 8.98 Å². The molecule has 2 aromatic heterocycles. The van der Waals surface area contributed by atoms with Gasteiger partial charge in [0.25, 0.3) is 11.8 Å². The number of carbonyl (C=O) groups excluding carboxylic acids is 2. The van der Waals surface area contributed by atoms with E-state index in [9.17, 15) is 9.59 Å². The SMILES string of the molecule is Cc1ccc(Cn2c(C)ccc2CN2C(=O)c3ccccc3C2=O)o1. The molecule has 0 bridgehead atoms. The number of furan rings is 1. The minimum Gasteiger partial charge on any atom is -0.464 e. The van der Waals surface area contributed by atoms with Crippen LogP contribution in [-0.4, -0.2) is 21.3 Å². The third kappa shape index (κ3) is 2.58. The minimum absolute atomic E-state index is 0.236. The Labute approximate surface area is 145 Å². The number of amides is 2. The van der Waals surface area contributed by atoms with Gasteiger partial charge in [0.1, 0.15) is 11.5 Å². The first-order chi connectivity index (χ1) is 12.0. The van der Waals surface area contributed by atoms with Crippen molar-refractivity contribution in [2.45, 2.75) is 26.9 Å². The molecule has 3 heterocycles. The van der Waals surface area contributed by atoms with E-state index in [-0.39, 0.29) is 18.4 Å². The van der Waals surface area contributed by atoms with Crippen LogP contribution >= 0.6 is 0 Å². The second-order valence-electron chi connectivity index (χ2n) is 6.31. The molecule has 0 fully saturated rings. The predicted octanol–water partition coefficient (Wildman–Crippen LogP) is 3.54. The number of aromatic nitrogens is 1. The largest absolute Gasteiger partial charge is 0.464 e. The highest BCUT2D eigenvalue weighted by molar-refractivity contribution is 6.21.